The van der Waals surface area contributed by atoms with Gasteiger partial charge in [-0.3, -0.25) is 9.69 Å². The summed E-state index contributed by atoms with van der Waals surface area (Å²) in [7, 11) is 0. The lowest BCUT2D eigenvalue weighted by atomic mass is 9.99. The van der Waals surface area contributed by atoms with Gasteiger partial charge in [0.25, 0.3) is 5.56 Å². The molecule has 0 radical (unpaired) electrons. The van der Waals surface area contributed by atoms with Crippen molar-refractivity contribution in [1.29, 1.82) is 0 Å². The molecule has 164 valence electrons. The zero-order valence-electron chi connectivity index (χ0n) is 18.0. The van der Waals surface area contributed by atoms with Crippen LogP contribution in [0, 0.1) is 13.8 Å². The van der Waals surface area contributed by atoms with Gasteiger partial charge < -0.3 is 14.5 Å². The van der Waals surface area contributed by atoms with E-state index in [9.17, 15) is 4.79 Å². The highest BCUT2D eigenvalue weighted by molar-refractivity contribution is 5.83. The molecule has 2 aliphatic heterocycles. The monoisotopic (exact) mass is 424 g/mol. The molecule has 2 aliphatic rings. The number of aryl methyl sites for hydroxylation is 2. The first kappa shape index (κ1) is 20.3. The van der Waals surface area contributed by atoms with Crippen LogP contribution in [0.1, 0.15) is 41.4 Å². The Kier molecular flexibility index (Phi) is 5.56. The molecular formula is C22H28N6O3. The number of benzene rings is 1. The second-order valence-corrected chi connectivity index (χ2v) is 8.50. The maximum Gasteiger partial charge on any atom is 0.253 e. The fourth-order valence-electron chi connectivity index (χ4n) is 4.75. The molecular weight excluding hydrogens is 396 g/mol. The van der Waals surface area contributed by atoms with Gasteiger partial charge in [0.2, 0.25) is 0 Å². The first-order valence-electron chi connectivity index (χ1n) is 10.9. The van der Waals surface area contributed by atoms with Crippen molar-refractivity contribution in [3.63, 3.8) is 0 Å². The molecule has 2 aromatic heterocycles. The Labute approximate surface area is 180 Å². The van der Waals surface area contributed by atoms with Crippen molar-refractivity contribution in [3.05, 3.63) is 51.1 Å². The third-order valence-corrected chi connectivity index (χ3v) is 6.25. The van der Waals surface area contributed by atoms with E-state index in [2.05, 4.69) is 38.4 Å². The van der Waals surface area contributed by atoms with Crippen LogP contribution in [-0.2, 0) is 16.0 Å². The number of pyridine rings is 1. The van der Waals surface area contributed by atoms with E-state index in [0.717, 1.165) is 41.5 Å². The first-order valence-corrected chi connectivity index (χ1v) is 10.9. The average molecular weight is 425 g/mol. The number of nitrogens with one attached hydrogen (secondary N) is 1. The van der Waals surface area contributed by atoms with Crippen LogP contribution < -0.4 is 5.56 Å². The number of aromatic amines is 1. The predicted octanol–water partition coefficient (Wildman–Crippen LogP) is 1.73. The molecule has 4 heterocycles. The summed E-state index contributed by atoms with van der Waals surface area (Å²) in [6.07, 6.45) is 2.15. The van der Waals surface area contributed by atoms with Gasteiger partial charge in [0, 0.05) is 36.2 Å². The van der Waals surface area contributed by atoms with Gasteiger partial charge in [-0.1, -0.05) is 6.07 Å². The summed E-state index contributed by atoms with van der Waals surface area (Å²) in [4.78, 5) is 18.6. The standard InChI is InChI=1S/C22H28N6O3/c1-14-10-15(2)17-12-18(22(29)23-19(17)11-14)20(27-5-8-30-9-6-27)21-24-25-26-28(21)13-16-4-3-7-31-16/h10-12,16,20H,3-9,13H2,1-2H3,(H,23,29)/t16-,20+/m0/s1. The number of fused-ring (bicyclic) bond motifs is 1. The SMILES string of the molecule is Cc1cc(C)c2cc([C@H](c3nnnn3C[C@@H]3CCCO3)N3CCOCC3)c(=O)[nH]c2c1. The number of morpholine rings is 1. The Balaban J connectivity index is 1.62. The third kappa shape index (κ3) is 4.00. The highest BCUT2D eigenvalue weighted by Gasteiger charge is 2.32. The number of ether oxygens (including phenoxy) is 2. The Bertz CT molecular complexity index is 1130. The van der Waals surface area contributed by atoms with Crippen LogP contribution in [0.3, 0.4) is 0 Å². The highest BCUT2D eigenvalue weighted by Crippen LogP contribution is 2.29. The van der Waals surface area contributed by atoms with Crippen molar-refractivity contribution in [1.82, 2.24) is 30.1 Å². The molecule has 1 aromatic carbocycles. The molecule has 5 rings (SSSR count). The lowest BCUT2D eigenvalue weighted by molar-refractivity contribution is 0.0205. The van der Waals surface area contributed by atoms with Crippen LogP contribution in [-0.4, -0.2) is 69.1 Å². The van der Waals surface area contributed by atoms with Crippen molar-refractivity contribution < 1.29 is 9.47 Å². The zero-order chi connectivity index (χ0) is 21.4. The molecule has 2 saturated heterocycles. The van der Waals surface area contributed by atoms with Gasteiger partial charge in [0.05, 0.1) is 25.9 Å². The Morgan fingerprint density at radius 3 is 2.81 bits per heavy atom. The first-order chi connectivity index (χ1) is 15.1. The van der Waals surface area contributed by atoms with Gasteiger partial charge in [-0.05, 0) is 60.4 Å². The fourth-order valence-corrected chi connectivity index (χ4v) is 4.75. The van der Waals surface area contributed by atoms with Crippen LogP contribution >= 0.6 is 0 Å². The molecule has 9 nitrogen and oxygen atoms in total. The minimum absolute atomic E-state index is 0.104. The summed E-state index contributed by atoms with van der Waals surface area (Å²) < 4.78 is 13.2. The molecule has 0 bridgehead atoms. The van der Waals surface area contributed by atoms with Crippen LogP contribution in [0.15, 0.2) is 23.0 Å². The molecule has 3 aromatic rings. The predicted molar refractivity (Wildman–Crippen MR) is 115 cm³/mol. The number of H-pyrrole nitrogens is 1. The maximum atomic E-state index is 13.3. The average Bonchev–Trinajstić information content (AvgIpc) is 3.43. The summed E-state index contributed by atoms with van der Waals surface area (Å²) in [5.41, 5.74) is 3.65. The highest BCUT2D eigenvalue weighted by atomic mass is 16.5. The Hall–Kier alpha value is -2.62. The van der Waals surface area contributed by atoms with E-state index in [4.69, 9.17) is 9.47 Å². The zero-order valence-corrected chi connectivity index (χ0v) is 18.0. The molecule has 0 unspecified atom stereocenters. The van der Waals surface area contributed by atoms with E-state index in [1.54, 1.807) is 0 Å². The lowest BCUT2D eigenvalue weighted by Gasteiger charge is -2.33. The topological polar surface area (TPSA) is 98.2 Å². The van der Waals surface area contributed by atoms with E-state index < -0.39 is 0 Å². The van der Waals surface area contributed by atoms with E-state index in [1.807, 2.05) is 23.7 Å². The molecule has 0 aliphatic carbocycles. The molecule has 0 spiro atoms. The summed E-state index contributed by atoms with van der Waals surface area (Å²) in [6, 6.07) is 5.80. The number of hydrogen-bond acceptors (Lipinski definition) is 7. The number of nitrogens with zero attached hydrogens (tertiary/aromatic N) is 5. The van der Waals surface area contributed by atoms with Gasteiger partial charge in [0.1, 0.15) is 6.04 Å². The molecule has 1 N–H and O–H groups in total. The molecule has 2 fully saturated rings. The largest absolute Gasteiger partial charge is 0.379 e. The van der Waals surface area contributed by atoms with Gasteiger partial charge in [-0.15, -0.1) is 5.10 Å². The van der Waals surface area contributed by atoms with Crippen molar-refractivity contribution >= 4 is 10.9 Å². The second-order valence-electron chi connectivity index (χ2n) is 8.50. The number of tetrazole rings is 1. The van der Waals surface area contributed by atoms with Crippen LogP contribution in [0.2, 0.25) is 0 Å². The Morgan fingerprint density at radius 2 is 2.03 bits per heavy atom. The Morgan fingerprint density at radius 1 is 1.19 bits per heavy atom. The van der Waals surface area contributed by atoms with E-state index in [-0.39, 0.29) is 17.7 Å². The van der Waals surface area contributed by atoms with Gasteiger partial charge in [-0.25, -0.2) is 4.68 Å². The van der Waals surface area contributed by atoms with Gasteiger partial charge in [-0.2, -0.15) is 0 Å². The normalized spacial score (nSPS) is 21.0. The summed E-state index contributed by atoms with van der Waals surface area (Å²) >= 11 is 0. The smallest absolute Gasteiger partial charge is 0.253 e. The third-order valence-electron chi connectivity index (χ3n) is 6.25. The van der Waals surface area contributed by atoms with Crippen molar-refractivity contribution in [3.8, 4) is 0 Å². The van der Waals surface area contributed by atoms with Crippen LogP contribution in [0.4, 0.5) is 0 Å². The lowest BCUT2D eigenvalue weighted by Crippen LogP contribution is -2.42. The second kappa shape index (κ2) is 8.49. The molecule has 2 atom stereocenters. The summed E-state index contributed by atoms with van der Waals surface area (Å²) in [5, 5.41) is 13.6. The molecule has 0 amide bonds. The van der Waals surface area contributed by atoms with Crippen molar-refractivity contribution in [2.24, 2.45) is 0 Å². The minimum atomic E-state index is -0.353. The summed E-state index contributed by atoms with van der Waals surface area (Å²) in [5.74, 6) is 0.673. The van der Waals surface area contributed by atoms with Crippen LogP contribution in [0.25, 0.3) is 10.9 Å². The molecule has 31 heavy (non-hydrogen) atoms. The number of aromatic nitrogens is 5. The van der Waals surface area contributed by atoms with E-state index in [0.29, 0.717) is 44.2 Å². The number of rotatable bonds is 5. The van der Waals surface area contributed by atoms with E-state index >= 15 is 0 Å². The van der Waals surface area contributed by atoms with Gasteiger partial charge in [0.15, 0.2) is 5.82 Å². The maximum absolute atomic E-state index is 13.3. The summed E-state index contributed by atoms with van der Waals surface area (Å²) in [6.45, 7) is 8.13. The molecule has 9 heteroatoms. The minimum Gasteiger partial charge on any atom is -0.379 e. The molecule has 0 saturated carbocycles. The fraction of sp³-hybridized carbons (Fsp3) is 0.545. The van der Waals surface area contributed by atoms with Gasteiger partial charge >= 0.3 is 0 Å². The van der Waals surface area contributed by atoms with Crippen molar-refractivity contribution in [2.75, 3.05) is 32.9 Å². The quantitative estimate of drug-likeness (QED) is 0.666. The number of hydrogen-bond donors (Lipinski definition) is 1. The van der Waals surface area contributed by atoms with Crippen LogP contribution in [0.5, 0.6) is 0 Å². The van der Waals surface area contributed by atoms with E-state index in [1.165, 1.54) is 0 Å². The van der Waals surface area contributed by atoms with Crippen molar-refractivity contribution in [2.45, 2.75) is 45.4 Å².